The molecule has 0 heterocycles. The van der Waals surface area contributed by atoms with Gasteiger partial charge in [0, 0.05) is 6.54 Å². The van der Waals surface area contributed by atoms with Crippen molar-refractivity contribution in [3.05, 3.63) is 53.6 Å². The summed E-state index contributed by atoms with van der Waals surface area (Å²) in [5, 5.41) is 0. The van der Waals surface area contributed by atoms with E-state index in [1.807, 2.05) is 0 Å². The number of carbonyl (C=O) groups is 1. The minimum atomic E-state index is -3.68. The average Bonchev–Trinajstić information content (AvgIpc) is 2.65. The number of methoxy groups -OCH3 is 2. The number of rotatable bonds is 8. The molecule has 0 saturated heterocycles. The molecule has 0 fully saturated rings. The van der Waals surface area contributed by atoms with Crippen LogP contribution in [0.25, 0.3) is 0 Å². The molecule has 0 aliphatic rings. The van der Waals surface area contributed by atoms with Crippen LogP contribution in [-0.2, 0) is 26.1 Å². The van der Waals surface area contributed by atoms with Crippen LogP contribution in [0.4, 0.5) is 0 Å². The zero-order chi connectivity index (χ0) is 19.2. The zero-order valence-electron chi connectivity index (χ0n) is 14.8. The van der Waals surface area contributed by atoms with Gasteiger partial charge in [-0.3, -0.25) is 0 Å². The third-order valence-electron chi connectivity index (χ3n) is 3.66. The van der Waals surface area contributed by atoms with Crippen molar-refractivity contribution in [3.8, 4) is 11.5 Å². The van der Waals surface area contributed by atoms with Crippen LogP contribution >= 0.6 is 0 Å². The van der Waals surface area contributed by atoms with Gasteiger partial charge in [-0.15, -0.1) is 0 Å². The Bertz CT molecular complexity index is 862. The minimum absolute atomic E-state index is 0.119. The lowest BCUT2D eigenvalue weighted by molar-refractivity contribution is -0.142. The second-order valence-electron chi connectivity index (χ2n) is 5.46. The highest BCUT2D eigenvalue weighted by Gasteiger charge is 2.16. The fraction of sp³-hybridized carbons (Fsp3) is 0.278. The molecule has 0 aromatic heterocycles. The number of hydrogen-bond donors (Lipinski definition) is 1. The standard InChI is InChI=1S/C18H21NO6S/c1-13-10-16(8-9-17(13)25-12-18(20)24-3)26(21,22)19-11-14-4-6-15(23-2)7-5-14/h4-10,19H,11-12H2,1-3H3. The first kappa shape index (κ1) is 19.7. The summed E-state index contributed by atoms with van der Waals surface area (Å²) < 4.78 is 42.3. The predicted molar refractivity (Wildman–Crippen MR) is 95.7 cm³/mol. The van der Waals surface area contributed by atoms with Crippen molar-refractivity contribution in [2.24, 2.45) is 0 Å². The van der Waals surface area contributed by atoms with Crippen molar-refractivity contribution in [2.75, 3.05) is 20.8 Å². The molecule has 2 aromatic rings. The summed E-state index contributed by atoms with van der Waals surface area (Å²) in [6.07, 6.45) is 0. The van der Waals surface area contributed by atoms with Gasteiger partial charge in [-0.25, -0.2) is 17.9 Å². The fourth-order valence-electron chi connectivity index (χ4n) is 2.15. The topological polar surface area (TPSA) is 90.9 Å². The van der Waals surface area contributed by atoms with Crippen LogP contribution in [0.3, 0.4) is 0 Å². The number of ether oxygens (including phenoxy) is 3. The normalized spacial score (nSPS) is 11.0. The van der Waals surface area contributed by atoms with Gasteiger partial charge in [0.2, 0.25) is 10.0 Å². The number of esters is 1. The Hall–Kier alpha value is -2.58. The summed E-state index contributed by atoms with van der Waals surface area (Å²) in [4.78, 5) is 11.2. The molecule has 2 aromatic carbocycles. The lowest BCUT2D eigenvalue weighted by atomic mass is 10.2. The van der Waals surface area contributed by atoms with Crippen molar-refractivity contribution in [2.45, 2.75) is 18.4 Å². The van der Waals surface area contributed by atoms with Crippen LogP contribution in [-0.4, -0.2) is 35.2 Å². The van der Waals surface area contributed by atoms with Gasteiger partial charge in [-0.1, -0.05) is 12.1 Å². The summed E-state index contributed by atoms with van der Waals surface area (Å²) in [6, 6.07) is 11.5. The van der Waals surface area contributed by atoms with Gasteiger partial charge in [0.15, 0.2) is 6.61 Å². The Kier molecular flexibility index (Phi) is 6.59. The van der Waals surface area contributed by atoms with E-state index in [1.165, 1.54) is 25.3 Å². The van der Waals surface area contributed by atoms with Gasteiger partial charge < -0.3 is 14.2 Å². The van der Waals surface area contributed by atoms with Crippen LogP contribution in [0.15, 0.2) is 47.4 Å². The molecule has 7 nitrogen and oxygen atoms in total. The number of carbonyl (C=O) groups excluding carboxylic acids is 1. The predicted octanol–water partition coefficient (Wildman–Crippen LogP) is 2.03. The van der Waals surface area contributed by atoms with E-state index in [4.69, 9.17) is 9.47 Å². The highest BCUT2D eigenvalue weighted by atomic mass is 32.2. The number of benzene rings is 2. The van der Waals surface area contributed by atoms with Gasteiger partial charge in [0.05, 0.1) is 19.1 Å². The van der Waals surface area contributed by atoms with Gasteiger partial charge in [0.1, 0.15) is 11.5 Å². The first-order valence-electron chi connectivity index (χ1n) is 7.78. The van der Waals surface area contributed by atoms with Gasteiger partial charge in [0.25, 0.3) is 0 Å². The molecule has 140 valence electrons. The van der Waals surface area contributed by atoms with E-state index in [2.05, 4.69) is 9.46 Å². The molecule has 26 heavy (non-hydrogen) atoms. The summed E-state index contributed by atoms with van der Waals surface area (Å²) >= 11 is 0. The lowest BCUT2D eigenvalue weighted by Crippen LogP contribution is -2.23. The maximum atomic E-state index is 12.5. The molecule has 0 amide bonds. The molecule has 0 aliphatic carbocycles. The smallest absolute Gasteiger partial charge is 0.343 e. The first-order valence-corrected chi connectivity index (χ1v) is 9.27. The van der Waals surface area contributed by atoms with Crippen LogP contribution in [0, 0.1) is 6.92 Å². The molecule has 0 saturated carbocycles. The summed E-state index contributed by atoms with van der Waals surface area (Å²) in [6.45, 7) is 1.63. The van der Waals surface area contributed by atoms with Crippen molar-refractivity contribution in [3.63, 3.8) is 0 Å². The third kappa shape index (κ3) is 5.21. The molecule has 0 bridgehead atoms. The number of aryl methyl sites for hydroxylation is 1. The summed E-state index contributed by atoms with van der Waals surface area (Å²) in [5.74, 6) is 0.613. The molecule has 8 heteroatoms. The van der Waals surface area contributed by atoms with E-state index in [0.717, 1.165) is 5.56 Å². The third-order valence-corrected chi connectivity index (χ3v) is 5.05. The molecule has 0 atom stereocenters. The zero-order valence-corrected chi connectivity index (χ0v) is 15.6. The Labute approximate surface area is 152 Å². The molecule has 0 unspecified atom stereocenters. The highest BCUT2D eigenvalue weighted by molar-refractivity contribution is 7.89. The van der Waals surface area contributed by atoms with E-state index < -0.39 is 16.0 Å². The van der Waals surface area contributed by atoms with Crippen LogP contribution < -0.4 is 14.2 Å². The van der Waals surface area contributed by atoms with Crippen LogP contribution in [0.2, 0.25) is 0 Å². The van der Waals surface area contributed by atoms with E-state index in [-0.39, 0.29) is 18.0 Å². The largest absolute Gasteiger partial charge is 0.497 e. The maximum absolute atomic E-state index is 12.5. The molecular weight excluding hydrogens is 358 g/mol. The maximum Gasteiger partial charge on any atom is 0.343 e. The van der Waals surface area contributed by atoms with E-state index >= 15 is 0 Å². The monoisotopic (exact) mass is 379 g/mol. The van der Waals surface area contributed by atoms with Gasteiger partial charge in [-0.2, -0.15) is 0 Å². The van der Waals surface area contributed by atoms with E-state index in [9.17, 15) is 13.2 Å². The van der Waals surface area contributed by atoms with E-state index in [1.54, 1.807) is 38.3 Å². The Balaban J connectivity index is 2.05. The molecule has 0 radical (unpaired) electrons. The van der Waals surface area contributed by atoms with Crippen LogP contribution in [0.5, 0.6) is 11.5 Å². The van der Waals surface area contributed by atoms with Crippen molar-refractivity contribution < 1.29 is 27.4 Å². The summed E-state index contributed by atoms with van der Waals surface area (Å²) in [5.41, 5.74) is 1.41. The average molecular weight is 379 g/mol. The second-order valence-corrected chi connectivity index (χ2v) is 7.23. The molecule has 2 rings (SSSR count). The molecule has 0 aliphatic heterocycles. The van der Waals surface area contributed by atoms with Crippen LogP contribution in [0.1, 0.15) is 11.1 Å². The quantitative estimate of drug-likeness (QED) is 0.706. The number of nitrogens with one attached hydrogen (secondary N) is 1. The fourth-order valence-corrected chi connectivity index (χ4v) is 3.25. The lowest BCUT2D eigenvalue weighted by Gasteiger charge is -2.11. The van der Waals surface area contributed by atoms with Crippen molar-refractivity contribution in [1.29, 1.82) is 0 Å². The van der Waals surface area contributed by atoms with Crippen molar-refractivity contribution >= 4 is 16.0 Å². The SMILES string of the molecule is COC(=O)COc1ccc(S(=O)(=O)NCc2ccc(OC)cc2)cc1C. The number of hydrogen-bond acceptors (Lipinski definition) is 6. The van der Waals surface area contributed by atoms with E-state index in [0.29, 0.717) is 17.1 Å². The first-order chi connectivity index (χ1) is 12.4. The Morgan fingerprint density at radius 1 is 1.08 bits per heavy atom. The Morgan fingerprint density at radius 2 is 1.77 bits per heavy atom. The molecule has 0 spiro atoms. The highest BCUT2D eigenvalue weighted by Crippen LogP contribution is 2.22. The Morgan fingerprint density at radius 3 is 2.35 bits per heavy atom. The summed E-state index contributed by atoms with van der Waals surface area (Å²) in [7, 11) is -0.843. The molecule has 1 N–H and O–H groups in total. The second kappa shape index (κ2) is 8.68. The van der Waals surface area contributed by atoms with Gasteiger partial charge in [-0.05, 0) is 48.4 Å². The van der Waals surface area contributed by atoms with Gasteiger partial charge >= 0.3 is 5.97 Å². The van der Waals surface area contributed by atoms with Crippen molar-refractivity contribution in [1.82, 2.24) is 4.72 Å². The minimum Gasteiger partial charge on any atom is -0.497 e. The number of sulfonamides is 1. The molecular formula is C18H21NO6S.